The zero-order valence-electron chi connectivity index (χ0n) is 18.5. The fourth-order valence-electron chi connectivity index (χ4n) is 4.22. The maximum absolute atomic E-state index is 13.3. The molecule has 176 valence electrons. The fourth-order valence-corrected chi connectivity index (χ4v) is 4.54. The van der Waals surface area contributed by atoms with Crippen LogP contribution in [0.2, 0.25) is 10.0 Å². The highest BCUT2D eigenvalue weighted by molar-refractivity contribution is 6.42. The van der Waals surface area contributed by atoms with Gasteiger partial charge in [0.25, 0.3) is 5.56 Å². The highest BCUT2D eigenvalue weighted by Crippen LogP contribution is 2.36. The summed E-state index contributed by atoms with van der Waals surface area (Å²) < 4.78 is 4.14. The molecule has 0 bridgehead atoms. The Kier molecular flexibility index (Phi) is 5.71. The summed E-state index contributed by atoms with van der Waals surface area (Å²) in [6.07, 6.45) is 2.83. The molecule has 1 saturated carbocycles. The molecular formula is C23H22Cl2N6O3. The molecule has 2 N–H and O–H groups in total. The number of anilines is 2. The van der Waals surface area contributed by atoms with E-state index in [-0.39, 0.29) is 24.2 Å². The highest BCUT2D eigenvalue weighted by Gasteiger charge is 2.29. The second kappa shape index (κ2) is 8.57. The van der Waals surface area contributed by atoms with Crippen LogP contribution in [-0.4, -0.2) is 34.9 Å². The van der Waals surface area contributed by atoms with Gasteiger partial charge < -0.3 is 15.0 Å². The summed E-state index contributed by atoms with van der Waals surface area (Å²) in [5.74, 6) is 0.645. The third-order valence-electron chi connectivity index (χ3n) is 6.25. The number of fused-ring (bicyclic) bond motifs is 1. The minimum atomic E-state index is -0.483. The lowest BCUT2D eigenvalue weighted by molar-refractivity contribution is 0.0732. The maximum atomic E-state index is 13.3. The smallest absolute Gasteiger partial charge is 0.332 e. The summed E-state index contributed by atoms with van der Waals surface area (Å²) >= 11 is 12.1. The van der Waals surface area contributed by atoms with Gasteiger partial charge in [-0.25, -0.2) is 4.79 Å². The predicted octanol–water partition coefficient (Wildman–Crippen LogP) is 3.17. The van der Waals surface area contributed by atoms with Gasteiger partial charge >= 0.3 is 5.69 Å². The van der Waals surface area contributed by atoms with E-state index in [1.807, 2.05) is 6.07 Å². The van der Waals surface area contributed by atoms with E-state index in [2.05, 4.69) is 15.3 Å². The normalized spacial score (nSPS) is 17.7. The first-order valence-corrected chi connectivity index (χ1v) is 11.5. The van der Waals surface area contributed by atoms with Gasteiger partial charge in [0.2, 0.25) is 5.95 Å². The van der Waals surface area contributed by atoms with Gasteiger partial charge in [-0.3, -0.25) is 18.9 Å². The summed E-state index contributed by atoms with van der Waals surface area (Å²) in [6.45, 7) is 0.0488. The van der Waals surface area contributed by atoms with Gasteiger partial charge in [-0.05, 0) is 42.7 Å². The number of nitrogens with zero attached hydrogens (tertiary/aromatic N) is 5. The Morgan fingerprint density at radius 3 is 2.56 bits per heavy atom. The first kappa shape index (κ1) is 22.6. The van der Waals surface area contributed by atoms with Crippen LogP contribution in [0.15, 0.2) is 46.1 Å². The number of halogens is 2. The Labute approximate surface area is 204 Å². The molecule has 0 unspecified atom stereocenters. The lowest BCUT2D eigenvalue weighted by atomic mass is 9.80. The van der Waals surface area contributed by atoms with Crippen molar-refractivity contribution in [2.24, 2.45) is 14.1 Å². The maximum Gasteiger partial charge on any atom is 0.332 e. The quantitative estimate of drug-likeness (QED) is 0.435. The fraction of sp³-hybridized carbons (Fsp3) is 0.304. The average molecular weight is 501 g/mol. The molecule has 34 heavy (non-hydrogen) atoms. The summed E-state index contributed by atoms with van der Waals surface area (Å²) in [6, 6.07) is 8.71. The standard InChI is InChI=1S/C23H22Cl2N6O3/c1-29-19-20(28-22(29)27-14-5-6-26-18(10-14)13-8-15(32)9-13)30(2)23(34)31(21(19)33)11-12-3-4-16(24)17(25)7-12/h3-7,10,13,15,32H,8-9,11H2,1-2H3,(H,26,27,28). The van der Waals surface area contributed by atoms with Gasteiger partial charge in [0.05, 0.1) is 22.7 Å². The number of aliphatic hydroxyl groups excluding tert-OH is 1. The molecule has 0 spiro atoms. The number of aryl methyl sites for hydroxylation is 2. The van der Waals surface area contributed by atoms with Crippen LogP contribution < -0.4 is 16.6 Å². The van der Waals surface area contributed by atoms with Crippen LogP contribution in [0.5, 0.6) is 0 Å². The number of rotatable bonds is 5. The Morgan fingerprint density at radius 2 is 1.85 bits per heavy atom. The van der Waals surface area contributed by atoms with Crippen molar-refractivity contribution in [1.29, 1.82) is 0 Å². The van der Waals surface area contributed by atoms with Crippen molar-refractivity contribution in [3.05, 3.63) is 78.7 Å². The molecule has 5 rings (SSSR count). The van der Waals surface area contributed by atoms with Crippen molar-refractivity contribution in [3.63, 3.8) is 0 Å². The van der Waals surface area contributed by atoms with Crippen molar-refractivity contribution < 1.29 is 5.11 Å². The van der Waals surface area contributed by atoms with Crippen molar-refractivity contribution in [2.75, 3.05) is 5.32 Å². The molecule has 3 heterocycles. The van der Waals surface area contributed by atoms with E-state index in [1.54, 1.807) is 49.1 Å². The van der Waals surface area contributed by atoms with Crippen LogP contribution >= 0.6 is 23.2 Å². The molecular weight excluding hydrogens is 479 g/mol. The van der Waals surface area contributed by atoms with Crippen LogP contribution in [0, 0.1) is 0 Å². The molecule has 3 aromatic heterocycles. The van der Waals surface area contributed by atoms with Crippen LogP contribution in [0.4, 0.5) is 11.6 Å². The van der Waals surface area contributed by atoms with Crippen molar-refractivity contribution in [2.45, 2.75) is 31.4 Å². The lowest BCUT2D eigenvalue weighted by Crippen LogP contribution is -2.39. The third kappa shape index (κ3) is 3.89. The van der Waals surface area contributed by atoms with Crippen molar-refractivity contribution in [1.82, 2.24) is 23.7 Å². The average Bonchev–Trinajstić information content (AvgIpc) is 3.12. The van der Waals surface area contributed by atoms with E-state index in [9.17, 15) is 14.7 Å². The number of hydrogen-bond donors (Lipinski definition) is 2. The Balaban J connectivity index is 1.53. The molecule has 11 heteroatoms. The van der Waals surface area contributed by atoms with Crippen molar-refractivity contribution in [3.8, 4) is 0 Å². The molecule has 1 aromatic carbocycles. The van der Waals surface area contributed by atoms with Crippen LogP contribution in [-0.2, 0) is 20.6 Å². The number of benzene rings is 1. The Bertz CT molecular complexity index is 1530. The first-order valence-electron chi connectivity index (χ1n) is 10.7. The zero-order chi connectivity index (χ0) is 24.1. The predicted molar refractivity (Wildman–Crippen MR) is 131 cm³/mol. The molecule has 1 aliphatic rings. The van der Waals surface area contributed by atoms with E-state index in [1.165, 1.54) is 4.57 Å². The van der Waals surface area contributed by atoms with Gasteiger partial charge in [0.1, 0.15) is 0 Å². The second-order valence-electron chi connectivity index (χ2n) is 8.56. The van der Waals surface area contributed by atoms with Crippen LogP contribution in [0.25, 0.3) is 11.2 Å². The second-order valence-corrected chi connectivity index (χ2v) is 9.38. The Morgan fingerprint density at radius 1 is 1.09 bits per heavy atom. The third-order valence-corrected chi connectivity index (χ3v) is 6.99. The van der Waals surface area contributed by atoms with Gasteiger partial charge in [0.15, 0.2) is 11.2 Å². The monoisotopic (exact) mass is 500 g/mol. The SMILES string of the molecule is Cn1c(Nc2ccnc(C3CC(O)C3)c2)nc2c1c(=O)n(Cc1ccc(Cl)c(Cl)c1)c(=O)n2C. The molecule has 0 radical (unpaired) electrons. The number of nitrogens with one attached hydrogen (secondary N) is 1. The molecule has 1 aliphatic carbocycles. The summed E-state index contributed by atoms with van der Waals surface area (Å²) in [4.78, 5) is 35.3. The van der Waals surface area contributed by atoms with E-state index in [0.29, 0.717) is 39.9 Å². The van der Waals surface area contributed by atoms with E-state index >= 15 is 0 Å². The number of aliphatic hydroxyl groups is 1. The molecule has 0 atom stereocenters. The number of pyridine rings is 1. The van der Waals surface area contributed by atoms with Crippen LogP contribution in [0.1, 0.15) is 30.0 Å². The van der Waals surface area contributed by atoms with Gasteiger partial charge in [-0.1, -0.05) is 29.3 Å². The molecule has 9 nitrogen and oxygen atoms in total. The zero-order valence-corrected chi connectivity index (χ0v) is 20.0. The highest BCUT2D eigenvalue weighted by atomic mass is 35.5. The Hall–Kier alpha value is -3.14. The molecule has 0 saturated heterocycles. The topological polar surface area (TPSA) is 107 Å². The molecule has 1 fully saturated rings. The van der Waals surface area contributed by atoms with Crippen LogP contribution in [0.3, 0.4) is 0 Å². The lowest BCUT2D eigenvalue weighted by Gasteiger charge is -2.30. The molecule has 0 amide bonds. The van der Waals surface area contributed by atoms with E-state index in [4.69, 9.17) is 23.2 Å². The molecule has 0 aliphatic heterocycles. The summed E-state index contributed by atoms with van der Waals surface area (Å²) in [7, 11) is 3.30. The number of imidazole rings is 1. The minimum Gasteiger partial charge on any atom is -0.393 e. The van der Waals surface area contributed by atoms with E-state index < -0.39 is 11.2 Å². The largest absolute Gasteiger partial charge is 0.393 e. The van der Waals surface area contributed by atoms with Gasteiger partial charge in [-0.2, -0.15) is 4.98 Å². The minimum absolute atomic E-state index is 0.0488. The number of aromatic nitrogens is 5. The summed E-state index contributed by atoms with van der Waals surface area (Å²) in [5.41, 5.74) is 1.96. The molecule has 4 aromatic rings. The number of hydrogen-bond acceptors (Lipinski definition) is 6. The van der Waals surface area contributed by atoms with Gasteiger partial charge in [-0.15, -0.1) is 0 Å². The van der Waals surface area contributed by atoms with E-state index in [0.717, 1.165) is 15.9 Å². The first-order chi connectivity index (χ1) is 16.2. The van der Waals surface area contributed by atoms with Crippen molar-refractivity contribution >= 4 is 46.0 Å². The van der Waals surface area contributed by atoms with Gasteiger partial charge in [0, 0.05) is 37.6 Å². The summed E-state index contributed by atoms with van der Waals surface area (Å²) in [5, 5.41) is 13.6.